The Balaban J connectivity index is 0. The van der Waals surface area contributed by atoms with Gasteiger partial charge in [-0.1, -0.05) is 40.9 Å². The van der Waals surface area contributed by atoms with Crippen LogP contribution >= 0.6 is 34.8 Å². The number of ether oxygens (including phenoxy) is 1. The van der Waals surface area contributed by atoms with E-state index in [0.29, 0.717) is 5.02 Å². The van der Waals surface area contributed by atoms with Crippen LogP contribution in [0.1, 0.15) is 6.92 Å². The molecule has 0 aliphatic carbocycles. The van der Waals surface area contributed by atoms with Gasteiger partial charge in [-0.25, -0.2) is 9.59 Å². The quantitative estimate of drug-likeness (QED) is 0.453. The molecule has 0 saturated heterocycles. The molecule has 0 saturated carbocycles. The summed E-state index contributed by atoms with van der Waals surface area (Å²) in [6.07, 6.45) is 2.56. The third-order valence-corrected chi connectivity index (χ3v) is 2.65. The van der Waals surface area contributed by atoms with Crippen molar-refractivity contribution in [3.8, 4) is 5.75 Å². The van der Waals surface area contributed by atoms with Crippen molar-refractivity contribution in [3.05, 3.63) is 39.4 Å². The normalized spacial score (nSPS) is 9.33. The van der Waals surface area contributed by atoms with Gasteiger partial charge in [-0.3, -0.25) is 0 Å². The zero-order valence-corrected chi connectivity index (χ0v) is 13.8. The van der Waals surface area contributed by atoms with E-state index in [4.69, 9.17) is 49.8 Å². The summed E-state index contributed by atoms with van der Waals surface area (Å²) in [4.78, 5) is 19.7. The molecule has 5 nitrogen and oxygen atoms in total. The van der Waals surface area contributed by atoms with Crippen LogP contribution in [0.3, 0.4) is 0 Å². The number of carboxylic acid groups (broad SMARTS) is 2. The van der Waals surface area contributed by atoms with Gasteiger partial charge in [0.1, 0.15) is 5.75 Å². The molecule has 0 spiro atoms. The predicted octanol–water partition coefficient (Wildman–Crippen LogP) is 3.75. The first-order chi connectivity index (χ1) is 9.27. The Kier molecular flexibility index (Phi) is 12.5. The molecule has 0 unspecified atom stereocenters. The summed E-state index contributed by atoms with van der Waals surface area (Å²) in [5.74, 6) is -1.78. The average Bonchev–Trinajstić information content (AvgIpc) is 2.32. The van der Waals surface area contributed by atoms with E-state index in [1.165, 1.54) is 18.2 Å². The number of carbonyl (C=O) groups is 2. The number of hydrogen-bond acceptors (Lipinski definition) is 3. The van der Waals surface area contributed by atoms with E-state index in [0.717, 1.165) is 6.08 Å². The summed E-state index contributed by atoms with van der Waals surface area (Å²) in [5, 5.41) is 17.0. The molecule has 0 aliphatic heterocycles. The summed E-state index contributed by atoms with van der Waals surface area (Å²) in [5.41, 5.74) is 0. The Morgan fingerprint density at radius 2 is 1.67 bits per heavy atom. The van der Waals surface area contributed by atoms with Crippen LogP contribution in [0.15, 0.2) is 24.3 Å². The van der Waals surface area contributed by atoms with E-state index in [-0.39, 0.29) is 32.9 Å². The minimum Gasteiger partial charge on any atom is -0.480 e. The fourth-order valence-corrected chi connectivity index (χ4v) is 1.49. The number of allylic oxidation sites excluding steroid dienone is 1. The van der Waals surface area contributed by atoms with Crippen LogP contribution in [0.5, 0.6) is 5.75 Å². The third kappa shape index (κ3) is 10.5. The van der Waals surface area contributed by atoms with E-state index in [1.54, 1.807) is 6.92 Å². The van der Waals surface area contributed by atoms with Crippen LogP contribution < -0.4 is 4.74 Å². The number of halogens is 3. The second-order valence-corrected chi connectivity index (χ2v) is 4.44. The maximum Gasteiger partial charge on any atom is 0.341 e. The van der Waals surface area contributed by atoms with Gasteiger partial charge in [0.25, 0.3) is 0 Å². The number of rotatable bonds is 4. The molecule has 0 atom stereocenters. The van der Waals surface area contributed by atoms with Crippen LogP contribution in [0.2, 0.25) is 15.1 Å². The predicted molar refractivity (Wildman–Crippen MR) is 77.1 cm³/mol. The van der Waals surface area contributed by atoms with E-state index < -0.39 is 18.5 Å². The zero-order valence-electron chi connectivity index (χ0n) is 10.6. The molecule has 0 aliphatic rings. The molecule has 9 heteroatoms. The molecular formula is C12H11Cl3CuO5. The summed E-state index contributed by atoms with van der Waals surface area (Å²) in [7, 11) is 0. The fourth-order valence-electron chi connectivity index (χ4n) is 0.897. The molecule has 1 radical (unpaired) electrons. The van der Waals surface area contributed by atoms with Gasteiger partial charge in [0.2, 0.25) is 0 Å². The van der Waals surface area contributed by atoms with Gasteiger partial charge in [0.15, 0.2) is 6.61 Å². The van der Waals surface area contributed by atoms with E-state index in [1.807, 2.05) is 0 Å². The average molecular weight is 405 g/mol. The second-order valence-electron chi connectivity index (χ2n) is 3.22. The summed E-state index contributed by atoms with van der Waals surface area (Å²) >= 11 is 17.1. The maximum absolute atomic E-state index is 10.2. The zero-order chi connectivity index (χ0) is 15.7. The molecule has 21 heavy (non-hydrogen) atoms. The molecule has 121 valence electrons. The minimum absolute atomic E-state index is 0. The molecule has 0 heterocycles. The summed E-state index contributed by atoms with van der Waals surface area (Å²) < 4.78 is 4.86. The van der Waals surface area contributed by atoms with Crippen molar-refractivity contribution >= 4 is 46.7 Å². The number of aliphatic carboxylic acids is 2. The van der Waals surface area contributed by atoms with Crippen molar-refractivity contribution in [1.82, 2.24) is 0 Å². The van der Waals surface area contributed by atoms with Crippen molar-refractivity contribution in [2.45, 2.75) is 6.92 Å². The smallest absolute Gasteiger partial charge is 0.341 e. The van der Waals surface area contributed by atoms with Gasteiger partial charge >= 0.3 is 11.9 Å². The fraction of sp³-hybridized carbons (Fsp3) is 0.167. The van der Waals surface area contributed by atoms with Crippen molar-refractivity contribution < 1.29 is 41.6 Å². The molecule has 1 aromatic carbocycles. The van der Waals surface area contributed by atoms with Crippen LogP contribution in [-0.4, -0.2) is 28.8 Å². The van der Waals surface area contributed by atoms with Gasteiger partial charge in [-0.15, -0.1) is 0 Å². The van der Waals surface area contributed by atoms with Crippen molar-refractivity contribution in [2.24, 2.45) is 0 Å². The van der Waals surface area contributed by atoms with Crippen LogP contribution in [0, 0.1) is 0 Å². The maximum atomic E-state index is 10.2. The first kappa shape index (κ1) is 22.4. The molecule has 0 aromatic heterocycles. The molecule has 1 rings (SSSR count). The van der Waals surface area contributed by atoms with Crippen LogP contribution in [-0.2, 0) is 26.7 Å². The molecular weight excluding hydrogens is 394 g/mol. The summed E-state index contributed by atoms with van der Waals surface area (Å²) in [6, 6.07) is 2.76. The first-order valence-corrected chi connectivity index (χ1v) is 6.26. The minimum atomic E-state index is -1.09. The Hall–Kier alpha value is -0.911. The van der Waals surface area contributed by atoms with Gasteiger partial charge in [-0.05, 0) is 13.0 Å². The van der Waals surface area contributed by atoms with Crippen molar-refractivity contribution in [2.75, 3.05) is 6.61 Å². The summed E-state index contributed by atoms with van der Waals surface area (Å²) in [6.45, 7) is 1.19. The van der Waals surface area contributed by atoms with Crippen molar-refractivity contribution in [1.29, 1.82) is 0 Å². The van der Waals surface area contributed by atoms with E-state index in [2.05, 4.69) is 0 Å². The van der Waals surface area contributed by atoms with E-state index >= 15 is 0 Å². The van der Waals surface area contributed by atoms with Crippen molar-refractivity contribution in [3.63, 3.8) is 0 Å². The molecule has 2 N–H and O–H groups in total. The Bertz CT molecular complexity index is 520. The van der Waals surface area contributed by atoms with Gasteiger partial charge in [0.05, 0.1) is 15.1 Å². The van der Waals surface area contributed by atoms with Gasteiger partial charge in [-0.2, -0.15) is 0 Å². The number of benzene rings is 1. The monoisotopic (exact) mass is 403 g/mol. The Morgan fingerprint density at radius 1 is 1.14 bits per heavy atom. The number of carboxylic acids is 2. The largest absolute Gasteiger partial charge is 0.480 e. The Morgan fingerprint density at radius 3 is 2.05 bits per heavy atom. The van der Waals surface area contributed by atoms with Crippen LogP contribution in [0.25, 0.3) is 0 Å². The third-order valence-electron chi connectivity index (χ3n) is 1.64. The topological polar surface area (TPSA) is 83.8 Å². The first-order valence-electron chi connectivity index (χ1n) is 5.12. The molecule has 0 fully saturated rings. The second kappa shape index (κ2) is 11.7. The molecule has 0 amide bonds. The van der Waals surface area contributed by atoms with E-state index in [9.17, 15) is 9.59 Å². The molecule has 0 bridgehead atoms. The standard InChI is InChI=1S/C8H5Cl3O3.C4H6O2.Cu/c9-4-1-6(11)7(2-5(4)10)14-3-8(12)13;1-2-3-4(5)6;/h1-2H,3H2,(H,12,13);2-3H,1H3,(H,5,6);. The van der Waals surface area contributed by atoms with Gasteiger partial charge < -0.3 is 14.9 Å². The molecule has 1 aromatic rings. The van der Waals surface area contributed by atoms with Crippen LogP contribution in [0.4, 0.5) is 0 Å². The number of hydrogen-bond donors (Lipinski definition) is 2. The van der Waals surface area contributed by atoms with Gasteiger partial charge in [0, 0.05) is 29.2 Å². The SMILES string of the molecule is CC=CC(=O)O.O=C(O)COc1cc(Cl)c(Cl)cc1Cl.[Cu]. The Labute approximate surface area is 146 Å².